The van der Waals surface area contributed by atoms with Crippen LogP contribution in [0.3, 0.4) is 0 Å². The first-order valence-electron chi connectivity index (χ1n) is 15.9. The van der Waals surface area contributed by atoms with E-state index < -0.39 is 17.7 Å². The van der Waals surface area contributed by atoms with Crippen molar-refractivity contribution >= 4 is 40.5 Å². The topological polar surface area (TPSA) is 128 Å². The number of rotatable bonds is 12. The number of hydrogen-bond donors (Lipinski definition) is 2. The van der Waals surface area contributed by atoms with Gasteiger partial charge >= 0.3 is 5.97 Å². The monoisotopic (exact) mass is 603 g/mol. The molecule has 2 saturated carbocycles. The Labute approximate surface area is 253 Å². The van der Waals surface area contributed by atoms with Crippen LogP contribution in [0.25, 0.3) is 11.2 Å². The van der Waals surface area contributed by atoms with Crippen molar-refractivity contribution in [3.8, 4) is 0 Å². The summed E-state index contributed by atoms with van der Waals surface area (Å²) in [6.07, 6.45) is 16.7. The van der Waals surface area contributed by atoms with Gasteiger partial charge in [0.25, 0.3) is 0 Å². The number of nitrogens with one attached hydrogen (secondary N) is 1. The van der Waals surface area contributed by atoms with Gasteiger partial charge in [-0.1, -0.05) is 51.9 Å². The third kappa shape index (κ3) is 6.76. The van der Waals surface area contributed by atoms with Crippen LogP contribution >= 0.6 is 11.6 Å². The fourth-order valence-corrected chi connectivity index (χ4v) is 7.37. The molecule has 1 spiro atoms. The predicted molar refractivity (Wildman–Crippen MR) is 160 cm³/mol. The van der Waals surface area contributed by atoms with Crippen LogP contribution in [-0.4, -0.2) is 61.4 Å². The van der Waals surface area contributed by atoms with Crippen molar-refractivity contribution in [2.45, 2.75) is 128 Å². The van der Waals surface area contributed by atoms with E-state index in [2.05, 4.69) is 27.2 Å². The normalized spacial score (nSPS) is 25.8. The first-order chi connectivity index (χ1) is 20.3. The molecule has 0 aromatic carbocycles. The molecular weight excluding hydrogens is 558 g/mol. The van der Waals surface area contributed by atoms with Gasteiger partial charge in [-0.3, -0.25) is 9.59 Å². The number of esters is 1. The van der Waals surface area contributed by atoms with Crippen molar-refractivity contribution in [3.05, 3.63) is 11.6 Å². The van der Waals surface area contributed by atoms with Gasteiger partial charge < -0.3 is 24.5 Å². The highest BCUT2D eigenvalue weighted by molar-refractivity contribution is 6.28. The van der Waals surface area contributed by atoms with Crippen LogP contribution in [0.1, 0.15) is 116 Å². The van der Waals surface area contributed by atoms with E-state index >= 15 is 0 Å². The van der Waals surface area contributed by atoms with E-state index in [1.54, 1.807) is 17.8 Å². The quantitative estimate of drug-likeness (QED) is 0.168. The summed E-state index contributed by atoms with van der Waals surface area (Å²) in [5.74, 6) is -0.278. The number of amides is 1. The molecule has 2 N–H and O–H groups in total. The minimum atomic E-state index is -1.08. The fraction of sp³-hybridized carbons (Fsp3) is 0.774. The van der Waals surface area contributed by atoms with Gasteiger partial charge in [-0.05, 0) is 68.9 Å². The number of carbonyl (C=O) groups is 2. The van der Waals surface area contributed by atoms with Crippen molar-refractivity contribution in [1.82, 2.24) is 19.5 Å². The largest absolute Gasteiger partial charge is 0.457 e. The second-order valence-corrected chi connectivity index (χ2v) is 13.3. The summed E-state index contributed by atoms with van der Waals surface area (Å²) in [4.78, 5) is 39.3. The maximum Gasteiger partial charge on any atom is 0.309 e. The number of hydrogen-bond acceptors (Lipinski definition) is 8. The van der Waals surface area contributed by atoms with Gasteiger partial charge in [-0.25, -0.2) is 4.98 Å². The zero-order valence-electron chi connectivity index (χ0n) is 25.1. The zero-order chi connectivity index (χ0) is 29.7. The number of ether oxygens (including phenoxy) is 2. The number of aliphatic hydroxyl groups is 1. The van der Waals surface area contributed by atoms with E-state index in [4.69, 9.17) is 21.1 Å². The molecule has 11 heteroatoms. The molecule has 5 rings (SSSR count). The summed E-state index contributed by atoms with van der Waals surface area (Å²) in [5.41, 5.74) is 0.143. The molecule has 2 aliphatic carbocycles. The summed E-state index contributed by atoms with van der Waals surface area (Å²) in [6.45, 7) is 3.82. The lowest BCUT2D eigenvalue weighted by Gasteiger charge is -2.37. The standard InChI is InChI=1S/C31H46ClN5O5/c1-3-4-5-6-7-8-11-23(39)34-26-24-27(36-29(32)35-26)37(20-33-24)22-18-41-30(2,19-38)25(22)42-28(40)21-12-16-31(17-13-21)14-9-10-15-31/h20-22,25,38H,3-19H2,1-2H3,(H,34,35,36,39)/t22-,25+,30-/m1/s1. The average Bonchev–Trinajstić information content (AvgIpc) is 3.69. The Morgan fingerprint density at radius 2 is 1.83 bits per heavy atom. The molecule has 232 valence electrons. The highest BCUT2D eigenvalue weighted by atomic mass is 35.5. The minimum absolute atomic E-state index is 0.0282. The van der Waals surface area contributed by atoms with Crippen molar-refractivity contribution in [2.75, 3.05) is 18.5 Å². The number of imidazole rings is 1. The molecule has 0 bridgehead atoms. The molecule has 3 atom stereocenters. The molecule has 2 aromatic heterocycles. The number of halogens is 1. The molecule has 2 aromatic rings. The third-order valence-corrected chi connectivity index (χ3v) is 10.1. The number of fused-ring (bicyclic) bond motifs is 1. The molecule has 3 heterocycles. The second-order valence-electron chi connectivity index (χ2n) is 12.9. The number of aliphatic hydroxyl groups excluding tert-OH is 1. The summed E-state index contributed by atoms with van der Waals surface area (Å²) in [7, 11) is 0. The highest BCUT2D eigenvalue weighted by Crippen LogP contribution is 2.50. The van der Waals surface area contributed by atoms with Crippen molar-refractivity contribution in [2.24, 2.45) is 11.3 Å². The molecular formula is C31H46ClN5O5. The van der Waals surface area contributed by atoms with Gasteiger partial charge in [0.15, 0.2) is 23.1 Å². The summed E-state index contributed by atoms with van der Waals surface area (Å²) < 4.78 is 14.0. The minimum Gasteiger partial charge on any atom is -0.457 e. The maximum absolute atomic E-state index is 13.5. The van der Waals surface area contributed by atoms with Crippen LogP contribution in [0.15, 0.2) is 6.33 Å². The lowest BCUT2D eigenvalue weighted by atomic mass is 9.69. The van der Waals surface area contributed by atoms with Crippen molar-refractivity contribution in [3.63, 3.8) is 0 Å². The molecule has 3 aliphatic rings. The predicted octanol–water partition coefficient (Wildman–Crippen LogP) is 6.15. The Balaban J connectivity index is 1.29. The van der Waals surface area contributed by atoms with Gasteiger partial charge in [0, 0.05) is 6.42 Å². The fourth-order valence-electron chi connectivity index (χ4n) is 7.21. The van der Waals surface area contributed by atoms with Crippen LogP contribution in [0, 0.1) is 11.3 Å². The molecule has 0 unspecified atom stereocenters. The number of unbranched alkanes of at least 4 members (excludes halogenated alkanes) is 5. The summed E-state index contributed by atoms with van der Waals surface area (Å²) in [6, 6.07) is -0.487. The zero-order valence-corrected chi connectivity index (χ0v) is 25.8. The van der Waals surface area contributed by atoms with Crippen LogP contribution < -0.4 is 5.32 Å². The van der Waals surface area contributed by atoms with E-state index in [1.807, 2.05) is 0 Å². The molecule has 3 fully saturated rings. The van der Waals surface area contributed by atoms with Crippen molar-refractivity contribution in [1.29, 1.82) is 0 Å². The first-order valence-corrected chi connectivity index (χ1v) is 16.3. The van der Waals surface area contributed by atoms with Crippen molar-refractivity contribution < 1.29 is 24.2 Å². The Hall–Kier alpha value is -2.30. The molecule has 10 nitrogen and oxygen atoms in total. The first kappa shape index (κ1) is 31.1. The van der Waals surface area contributed by atoms with Gasteiger partial charge in [0.2, 0.25) is 11.2 Å². The Morgan fingerprint density at radius 1 is 1.12 bits per heavy atom. The van der Waals surface area contributed by atoms with Gasteiger partial charge in [0.05, 0.1) is 31.5 Å². The Morgan fingerprint density at radius 3 is 2.55 bits per heavy atom. The van der Waals surface area contributed by atoms with E-state index in [9.17, 15) is 14.7 Å². The molecule has 0 radical (unpaired) electrons. The maximum atomic E-state index is 13.5. The third-order valence-electron chi connectivity index (χ3n) is 9.90. The molecule has 1 aliphatic heterocycles. The average molecular weight is 604 g/mol. The van der Waals surface area contributed by atoms with Crippen LogP contribution in [0.2, 0.25) is 5.28 Å². The second kappa shape index (κ2) is 13.6. The smallest absolute Gasteiger partial charge is 0.309 e. The number of aromatic nitrogens is 4. The molecule has 42 heavy (non-hydrogen) atoms. The lowest BCUT2D eigenvalue weighted by molar-refractivity contribution is -0.169. The summed E-state index contributed by atoms with van der Waals surface area (Å²) in [5, 5.41) is 13.1. The van der Waals surface area contributed by atoms with E-state index in [0.29, 0.717) is 23.0 Å². The lowest BCUT2D eigenvalue weighted by Crippen LogP contribution is -2.46. The molecule has 1 saturated heterocycles. The summed E-state index contributed by atoms with van der Waals surface area (Å²) >= 11 is 6.30. The van der Waals surface area contributed by atoms with Crippen LogP contribution in [0.5, 0.6) is 0 Å². The van der Waals surface area contributed by atoms with Crippen LogP contribution in [-0.2, 0) is 19.1 Å². The molecule has 1 amide bonds. The number of anilines is 1. The highest BCUT2D eigenvalue weighted by Gasteiger charge is 2.51. The van der Waals surface area contributed by atoms with Crippen LogP contribution in [0.4, 0.5) is 5.82 Å². The Kier molecular flexibility index (Phi) is 10.0. The van der Waals surface area contributed by atoms with E-state index in [1.165, 1.54) is 44.9 Å². The van der Waals surface area contributed by atoms with Gasteiger partial charge in [0.1, 0.15) is 5.60 Å². The van der Waals surface area contributed by atoms with Gasteiger partial charge in [-0.2, -0.15) is 9.97 Å². The number of carbonyl (C=O) groups excluding carboxylic acids is 2. The van der Waals surface area contributed by atoms with E-state index in [0.717, 1.165) is 44.9 Å². The number of nitrogens with zero attached hydrogens (tertiary/aromatic N) is 4. The van der Waals surface area contributed by atoms with E-state index in [-0.39, 0.29) is 42.1 Å². The Bertz CT molecular complexity index is 1240. The SMILES string of the molecule is CCCCCCCCC(=O)Nc1nc(Cl)nc2c1ncn2[C@@H]1CO[C@](C)(CO)[C@H]1OC(=O)C1CCC2(CCCC2)CC1. The van der Waals surface area contributed by atoms with Gasteiger partial charge in [-0.15, -0.1) is 0 Å².